The van der Waals surface area contributed by atoms with Gasteiger partial charge in [-0.05, 0) is 89.8 Å². The van der Waals surface area contributed by atoms with Crippen LogP contribution in [0.3, 0.4) is 0 Å². The van der Waals surface area contributed by atoms with Crippen LogP contribution in [0.15, 0.2) is 48.5 Å². The molecule has 236 valence electrons. The number of ether oxygens (including phenoxy) is 2. The van der Waals surface area contributed by atoms with E-state index < -0.39 is 41.9 Å². The molecule has 0 saturated carbocycles. The lowest BCUT2D eigenvalue weighted by Crippen LogP contribution is -2.41. The zero-order valence-corrected chi connectivity index (χ0v) is 27.0. The van der Waals surface area contributed by atoms with Crippen molar-refractivity contribution in [2.45, 2.75) is 96.4 Å². The van der Waals surface area contributed by atoms with Crippen molar-refractivity contribution in [3.63, 3.8) is 0 Å². The molecule has 2 atom stereocenters. The Labute approximate surface area is 262 Å². The fraction of sp³-hybridized carbons (Fsp3) is 0.531. The normalized spacial score (nSPS) is 20.0. The zero-order valence-electron chi connectivity index (χ0n) is 25.5. The van der Waals surface area contributed by atoms with Gasteiger partial charge in [0.1, 0.15) is 11.2 Å². The van der Waals surface area contributed by atoms with Crippen LogP contribution < -0.4 is 0 Å². The Kier molecular flexibility index (Phi) is 11.1. The van der Waals surface area contributed by atoms with Gasteiger partial charge in [-0.2, -0.15) is 0 Å². The fourth-order valence-electron chi connectivity index (χ4n) is 4.87. The predicted octanol–water partition coefficient (Wildman–Crippen LogP) is 7.99. The maximum atomic E-state index is 13.7. The maximum absolute atomic E-state index is 13.7. The van der Waals surface area contributed by atoms with Crippen LogP contribution in [0.1, 0.15) is 65.5 Å². The number of halogens is 4. The molecule has 2 aliphatic rings. The number of nitrogens with zero attached hydrogens (tertiary/aromatic N) is 2. The minimum absolute atomic E-state index is 0.0693. The van der Waals surface area contributed by atoms with Crippen LogP contribution in [0, 0.1) is 0 Å². The van der Waals surface area contributed by atoms with E-state index in [0.29, 0.717) is 29.3 Å². The highest BCUT2D eigenvalue weighted by Crippen LogP contribution is 2.35. The van der Waals surface area contributed by atoms with E-state index in [0.717, 1.165) is 16.0 Å². The first-order valence-electron chi connectivity index (χ1n) is 14.2. The van der Waals surface area contributed by atoms with Crippen molar-refractivity contribution in [1.82, 2.24) is 9.80 Å². The summed E-state index contributed by atoms with van der Waals surface area (Å²) in [4.78, 5) is 38.7. The summed E-state index contributed by atoms with van der Waals surface area (Å²) in [6, 6.07) is 13.7. The zero-order chi connectivity index (χ0) is 32.2. The molecule has 0 unspecified atom stereocenters. The number of rotatable bonds is 4. The maximum Gasteiger partial charge on any atom is 0.410 e. The standard InChI is InChI=1S/C16H20ClF2NO2.C16H20ClNO3/c1-15(2,3)22-14(21)20-10-16(18,19)9-13(20)8-11-4-6-12(17)7-5-11;1-16(2,3)21-15(20)18-10-14(19)9-13(18)8-11-4-6-12(17)7-5-11/h4-7,13H,8-10H2,1-3H3;4-7,13H,8-10H2,1-3H3/t2*13-/m00/s1. The largest absolute Gasteiger partial charge is 0.444 e. The van der Waals surface area contributed by atoms with Crippen LogP contribution in [0.4, 0.5) is 18.4 Å². The van der Waals surface area contributed by atoms with Crippen molar-refractivity contribution in [2.24, 2.45) is 0 Å². The van der Waals surface area contributed by atoms with Gasteiger partial charge in [0.15, 0.2) is 5.78 Å². The summed E-state index contributed by atoms with van der Waals surface area (Å²) < 4.78 is 38.1. The molecule has 2 saturated heterocycles. The van der Waals surface area contributed by atoms with Crippen molar-refractivity contribution in [1.29, 1.82) is 0 Å². The van der Waals surface area contributed by atoms with E-state index in [-0.39, 0.29) is 24.8 Å². The van der Waals surface area contributed by atoms with E-state index in [1.54, 1.807) is 45.0 Å². The Balaban J connectivity index is 0.000000236. The number of likely N-dealkylation sites (tertiary alicyclic amines) is 2. The molecule has 2 aromatic carbocycles. The number of hydrogen-bond donors (Lipinski definition) is 0. The quantitative estimate of drug-likeness (QED) is 0.338. The lowest BCUT2D eigenvalue weighted by atomic mass is 10.0. The summed E-state index contributed by atoms with van der Waals surface area (Å²) in [5.74, 6) is -2.81. The molecule has 0 N–H and O–H groups in total. The number of alkyl halides is 2. The number of carbonyl (C=O) groups excluding carboxylic acids is 3. The summed E-state index contributed by atoms with van der Waals surface area (Å²) in [7, 11) is 0. The molecule has 0 aromatic heterocycles. The molecule has 43 heavy (non-hydrogen) atoms. The fourth-order valence-corrected chi connectivity index (χ4v) is 5.12. The van der Waals surface area contributed by atoms with Crippen molar-refractivity contribution in [3.05, 3.63) is 69.7 Å². The van der Waals surface area contributed by atoms with Gasteiger partial charge in [0.25, 0.3) is 5.92 Å². The van der Waals surface area contributed by atoms with Gasteiger partial charge in [0.2, 0.25) is 0 Å². The summed E-state index contributed by atoms with van der Waals surface area (Å²) in [5, 5.41) is 1.26. The second-order valence-electron chi connectivity index (χ2n) is 13.0. The first kappa shape index (κ1) is 34.6. The lowest BCUT2D eigenvalue weighted by molar-refractivity contribution is -0.117. The Morgan fingerprint density at radius 1 is 0.791 bits per heavy atom. The van der Waals surface area contributed by atoms with E-state index in [2.05, 4.69) is 0 Å². The summed E-state index contributed by atoms with van der Waals surface area (Å²) in [5.41, 5.74) is 0.640. The first-order valence-corrected chi connectivity index (χ1v) is 14.9. The van der Waals surface area contributed by atoms with Crippen molar-refractivity contribution in [2.75, 3.05) is 13.1 Å². The lowest BCUT2D eigenvalue weighted by Gasteiger charge is -2.28. The molecule has 2 fully saturated rings. The molecule has 2 aromatic rings. The Morgan fingerprint density at radius 2 is 1.21 bits per heavy atom. The minimum Gasteiger partial charge on any atom is -0.444 e. The van der Waals surface area contributed by atoms with E-state index in [9.17, 15) is 23.2 Å². The highest BCUT2D eigenvalue weighted by molar-refractivity contribution is 6.30. The highest BCUT2D eigenvalue weighted by atomic mass is 35.5. The van der Waals surface area contributed by atoms with Gasteiger partial charge in [-0.3, -0.25) is 14.6 Å². The topological polar surface area (TPSA) is 76.1 Å². The second kappa shape index (κ2) is 13.8. The van der Waals surface area contributed by atoms with Crippen LogP contribution in [-0.2, 0) is 27.1 Å². The molecule has 4 rings (SSSR count). The molecule has 0 bridgehead atoms. The Hall–Kier alpha value is -2.91. The van der Waals surface area contributed by atoms with Crippen LogP contribution in [0.25, 0.3) is 0 Å². The number of benzene rings is 2. The van der Waals surface area contributed by atoms with Crippen molar-refractivity contribution >= 4 is 41.2 Å². The molecular weight excluding hydrogens is 601 g/mol. The van der Waals surface area contributed by atoms with E-state index >= 15 is 0 Å². The summed E-state index contributed by atoms with van der Waals surface area (Å²) in [6.07, 6.45) is -0.110. The molecule has 0 spiro atoms. The minimum atomic E-state index is -2.88. The van der Waals surface area contributed by atoms with Crippen LogP contribution in [0.5, 0.6) is 0 Å². The van der Waals surface area contributed by atoms with Crippen molar-refractivity contribution in [3.8, 4) is 0 Å². The number of amides is 2. The molecule has 0 radical (unpaired) electrons. The molecular formula is C32H40Cl2F2N2O5. The van der Waals surface area contributed by atoms with Crippen LogP contribution >= 0.6 is 23.2 Å². The molecule has 2 heterocycles. The molecule has 11 heteroatoms. The van der Waals surface area contributed by atoms with E-state index in [1.807, 2.05) is 45.0 Å². The van der Waals surface area contributed by atoms with Gasteiger partial charge < -0.3 is 9.47 Å². The molecule has 7 nitrogen and oxygen atoms in total. The number of hydrogen-bond acceptors (Lipinski definition) is 5. The SMILES string of the molecule is CC(C)(C)OC(=O)N1CC(=O)C[C@@H]1Cc1ccc(Cl)cc1.CC(C)(C)OC(=O)N1CC(F)(F)C[C@@H]1Cc1ccc(Cl)cc1. The van der Waals surface area contributed by atoms with E-state index in [1.165, 1.54) is 4.90 Å². The van der Waals surface area contributed by atoms with Gasteiger partial charge in [-0.15, -0.1) is 0 Å². The average molecular weight is 642 g/mol. The van der Waals surface area contributed by atoms with Gasteiger partial charge in [0, 0.05) is 35.0 Å². The predicted molar refractivity (Wildman–Crippen MR) is 163 cm³/mol. The number of ketones is 1. The number of Topliss-reactive ketones (excluding diaryl/α,β-unsaturated/α-hetero) is 1. The summed E-state index contributed by atoms with van der Waals surface area (Å²) >= 11 is 11.7. The molecule has 2 aliphatic heterocycles. The van der Waals surface area contributed by atoms with Crippen LogP contribution in [-0.4, -0.2) is 70.1 Å². The number of carbonyl (C=O) groups is 3. The Bertz CT molecular complexity index is 1270. The third-order valence-electron chi connectivity index (χ3n) is 6.65. The molecule has 2 amide bonds. The monoisotopic (exact) mass is 640 g/mol. The smallest absolute Gasteiger partial charge is 0.410 e. The Morgan fingerprint density at radius 3 is 1.65 bits per heavy atom. The van der Waals surface area contributed by atoms with Crippen molar-refractivity contribution < 1.29 is 32.6 Å². The third kappa shape index (κ3) is 11.3. The van der Waals surface area contributed by atoms with Gasteiger partial charge >= 0.3 is 12.2 Å². The first-order chi connectivity index (χ1) is 19.8. The second-order valence-corrected chi connectivity index (χ2v) is 13.9. The van der Waals surface area contributed by atoms with Gasteiger partial charge in [0.05, 0.1) is 13.1 Å². The highest BCUT2D eigenvalue weighted by Gasteiger charge is 2.48. The van der Waals surface area contributed by atoms with Gasteiger partial charge in [-0.25, -0.2) is 18.4 Å². The van der Waals surface area contributed by atoms with E-state index in [4.69, 9.17) is 32.7 Å². The summed E-state index contributed by atoms with van der Waals surface area (Å²) in [6.45, 7) is 10.1. The third-order valence-corrected chi connectivity index (χ3v) is 7.16. The molecule has 0 aliphatic carbocycles. The van der Waals surface area contributed by atoms with Crippen LogP contribution in [0.2, 0.25) is 10.0 Å². The average Bonchev–Trinajstić information content (AvgIpc) is 3.38. The van der Waals surface area contributed by atoms with Gasteiger partial charge in [-0.1, -0.05) is 47.5 Å².